The molecule has 152 valence electrons. The van der Waals surface area contributed by atoms with Crippen molar-refractivity contribution in [3.8, 4) is 22.6 Å². The Kier molecular flexibility index (Phi) is 4.58. The fourth-order valence-electron chi connectivity index (χ4n) is 4.43. The van der Waals surface area contributed by atoms with Crippen molar-refractivity contribution in [2.75, 3.05) is 19.5 Å². The van der Waals surface area contributed by atoms with E-state index >= 15 is 0 Å². The fraction of sp³-hybridized carbons (Fsp3) is 0.240. The molecule has 2 aromatic carbocycles. The summed E-state index contributed by atoms with van der Waals surface area (Å²) in [7, 11) is 3.19. The highest BCUT2D eigenvalue weighted by Gasteiger charge is 2.31. The van der Waals surface area contributed by atoms with E-state index in [4.69, 9.17) is 13.9 Å². The maximum Gasteiger partial charge on any atom is 0.256 e. The summed E-state index contributed by atoms with van der Waals surface area (Å²) in [5, 5.41) is 2.93. The number of hydrogen-bond donors (Lipinski definition) is 1. The molecule has 3 aromatic rings. The van der Waals surface area contributed by atoms with Crippen molar-refractivity contribution in [3.63, 3.8) is 0 Å². The molecule has 0 saturated carbocycles. The van der Waals surface area contributed by atoms with Crippen LogP contribution in [0.2, 0.25) is 0 Å². The molecule has 1 amide bonds. The summed E-state index contributed by atoms with van der Waals surface area (Å²) in [5.74, 6) is 2.80. The number of rotatable bonds is 4. The molecule has 5 nitrogen and oxygen atoms in total. The predicted octanol–water partition coefficient (Wildman–Crippen LogP) is 5.34. The molecule has 0 fully saturated rings. The van der Waals surface area contributed by atoms with Gasteiger partial charge in [-0.05, 0) is 30.9 Å². The lowest BCUT2D eigenvalue weighted by atomic mass is 9.91. The van der Waals surface area contributed by atoms with Gasteiger partial charge in [-0.3, -0.25) is 4.79 Å². The van der Waals surface area contributed by atoms with Gasteiger partial charge in [0.1, 0.15) is 23.0 Å². The summed E-state index contributed by atoms with van der Waals surface area (Å²) >= 11 is 0. The summed E-state index contributed by atoms with van der Waals surface area (Å²) < 4.78 is 17.2. The highest BCUT2D eigenvalue weighted by molar-refractivity contribution is 6.35. The molecule has 0 saturated heterocycles. The Morgan fingerprint density at radius 3 is 2.57 bits per heavy atom. The Morgan fingerprint density at radius 2 is 1.80 bits per heavy atom. The lowest BCUT2D eigenvalue weighted by Crippen LogP contribution is -2.03. The molecule has 1 aliphatic heterocycles. The number of nitrogens with one attached hydrogen (secondary N) is 1. The number of amides is 1. The molecule has 2 aliphatic rings. The molecule has 0 radical (unpaired) electrons. The SMILES string of the molecule is COc1cc2c(c(OC)c1)C(=Cc1oc3c(c1-c1ccccc1)CCCC3)C(=O)N2. The number of fused-ring (bicyclic) bond motifs is 2. The van der Waals surface area contributed by atoms with Crippen molar-refractivity contribution in [1.29, 1.82) is 0 Å². The van der Waals surface area contributed by atoms with Gasteiger partial charge in [0.05, 0.1) is 31.0 Å². The van der Waals surface area contributed by atoms with Crippen molar-refractivity contribution >= 4 is 23.2 Å². The number of carbonyl (C=O) groups is 1. The van der Waals surface area contributed by atoms with Crippen molar-refractivity contribution in [1.82, 2.24) is 0 Å². The van der Waals surface area contributed by atoms with Crippen LogP contribution in [0.5, 0.6) is 11.5 Å². The zero-order chi connectivity index (χ0) is 20.7. The first-order valence-electron chi connectivity index (χ1n) is 10.2. The quantitative estimate of drug-likeness (QED) is 0.600. The topological polar surface area (TPSA) is 60.7 Å². The van der Waals surface area contributed by atoms with Crippen LogP contribution in [0.4, 0.5) is 5.69 Å². The number of ether oxygens (including phenoxy) is 2. The molecule has 2 heterocycles. The number of hydrogen-bond acceptors (Lipinski definition) is 4. The van der Waals surface area contributed by atoms with Crippen LogP contribution < -0.4 is 14.8 Å². The van der Waals surface area contributed by atoms with Crippen LogP contribution >= 0.6 is 0 Å². The molecule has 1 N–H and O–H groups in total. The third kappa shape index (κ3) is 2.98. The normalized spacial score (nSPS) is 16.2. The number of benzene rings is 2. The highest BCUT2D eigenvalue weighted by atomic mass is 16.5. The first-order valence-corrected chi connectivity index (χ1v) is 10.2. The molecular formula is C25H23NO4. The van der Waals surface area contributed by atoms with Gasteiger partial charge in [-0.1, -0.05) is 30.3 Å². The zero-order valence-corrected chi connectivity index (χ0v) is 17.1. The van der Waals surface area contributed by atoms with Gasteiger partial charge in [-0.25, -0.2) is 0 Å². The van der Waals surface area contributed by atoms with Crippen LogP contribution in [0.25, 0.3) is 22.8 Å². The molecule has 5 rings (SSSR count). The summed E-state index contributed by atoms with van der Waals surface area (Å²) in [6.07, 6.45) is 6.06. The van der Waals surface area contributed by atoms with E-state index in [2.05, 4.69) is 17.4 Å². The Labute approximate surface area is 175 Å². The maximum atomic E-state index is 12.9. The van der Waals surface area contributed by atoms with E-state index in [1.165, 1.54) is 5.56 Å². The van der Waals surface area contributed by atoms with Crippen molar-refractivity contribution in [2.45, 2.75) is 25.7 Å². The second-order valence-electron chi connectivity index (χ2n) is 7.58. The second-order valence-corrected chi connectivity index (χ2v) is 7.58. The van der Waals surface area contributed by atoms with Gasteiger partial charge in [0.15, 0.2) is 0 Å². The largest absolute Gasteiger partial charge is 0.497 e. The first-order chi connectivity index (χ1) is 14.7. The average molecular weight is 401 g/mol. The van der Waals surface area contributed by atoms with Crippen molar-refractivity contribution in [2.24, 2.45) is 0 Å². The van der Waals surface area contributed by atoms with Crippen LogP contribution in [0.1, 0.15) is 35.5 Å². The fourth-order valence-corrected chi connectivity index (χ4v) is 4.43. The minimum Gasteiger partial charge on any atom is -0.497 e. The van der Waals surface area contributed by atoms with Crippen LogP contribution in [0.3, 0.4) is 0 Å². The maximum absolute atomic E-state index is 12.9. The Hall–Kier alpha value is -3.47. The number of furan rings is 1. The van der Waals surface area contributed by atoms with Gasteiger partial charge in [0, 0.05) is 29.7 Å². The number of carbonyl (C=O) groups excluding carboxylic acids is 1. The Bertz CT molecular complexity index is 1160. The molecule has 0 bridgehead atoms. The van der Waals surface area contributed by atoms with E-state index in [1.807, 2.05) is 30.3 Å². The molecule has 5 heteroatoms. The molecule has 0 unspecified atom stereocenters. The van der Waals surface area contributed by atoms with Gasteiger partial charge >= 0.3 is 0 Å². The number of aryl methyl sites for hydroxylation is 1. The van der Waals surface area contributed by atoms with Gasteiger partial charge < -0.3 is 19.2 Å². The monoisotopic (exact) mass is 401 g/mol. The zero-order valence-electron chi connectivity index (χ0n) is 17.1. The van der Waals surface area contributed by atoms with Crippen molar-refractivity contribution in [3.05, 3.63) is 65.1 Å². The summed E-state index contributed by atoms with van der Waals surface area (Å²) in [6, 6.07) is 13.8. The van der Waals surface area contributed by atoms with Gasteiger partial charge in [0.25, 0.3) is 5.91 Å². The third-order valence-corrected chi connectivity index (χ3v) is 5.83. The lowest BCUT2D eigenvalue weighted by molar-refractivity contribution is -0.110. The van der Waals surface area contributed by atoms with E-state index in [9.17, 15) is 4.79 Å². The number of anilines is 1. The minimum absolute atomic E-state index is 0.176. The van der Waals surface area contributed by atoms with Gasteiger partial charge in [0.2, 0.25) is 0 Å². The second kappa shape index (κ2) is 7.41. The van der Waals surface area contributed by atoms with Crippen LogP contribution in [-0.4, -0.2) is 20.1 Å². The van der Waals surface area contributed by atoms with E-state index in [-0.39, 0.29) is 5.91 Å². The standard InChI is InChI=1S/C25H23NO4/c1-28-16-12-19-24(21(13-16)29-2)18(25(27)26-19)14-22-23(15-8-4-3-5-9-15)17-10-6-7-11-20(17)30-22/h3-5,8-9,12-14H,6-7,10-11H2,1-2H3,(H,26,27). The van der Waals surface area contributed by atoms with Gasteiger partial charge in [-0.2, -0.15) is 0 Å². The first kappa shape index (κ1) is 18.6. The van der Waals surface area contributed by atoms with E-state index in [0.29, 0.717) is 22.8 Å². The third-order valence-electron chi connectivity index (χ3n) is 5.83. The Morgan fingerprint density at radius 1 is 1.00 bits per heavy atom. The van der Waals surface area contributed by atoms with Crippen molar-refractivity contribution < 1.29 is 18.7 Å². The van der Waals surface area contributed by atoms with E-state index in [0.717, 1.165) is 53.9 Å². The number of methoxy groups -OCH3 is 2. The van der Waals surface area contributed by atoms with E-state index in [1.54, 1.807) is 20.3 Å². The van der Waals surface area contributed by atoms with Crippen LogP contribution in [0, 0.1) is 0 Å². The summed E-state index contributed by atoms with van der Waals surface area (Å²) in [4.78, 5) is 12.9. The van der Waals surface area contributed by atoms with E-state index < -0.39 is 0 Å². The predicted molar refractivity (Wildman–Crippen MR) is 117 cm³/mol. The van der Waals surface area contributed by atoms with Crippen LogP contribution in [0.15, 0.2) is 46.9 Å². The molecule has 1 aliphatic carbocycles. The molecule has 1 aromatic heterocycles. The molecule has 30 heavy (non-hydrogen) atoms. The molecular weight excluding hydrogens is 378 g/mol. The Balaban J connectivity index is 1.71. The molecule has 0 spiro atoms. The smallest absolute Gasteiger partial charge is 0.256 e. The summed E-state index contributed by atoms with van der Waals surface area (Å²) in [5.41, 5.74) is 5.41. The average Bonchev–Trinajstić information content (AvgIpc) is 3.30. The van der Waals surface area contributed by atoms with Crippen LogP contribution in [-0.2, 0) is 17.6 Å². The molecule has 0 atom stereocenters. The summed E-state index contributed by atoms with van der Waals surface area (Å²) in [6.45, 7) is 0. The van der Waals surface area contributed by atoms with Gasteiger partial charge in [-0.15, -0.1) is 0 Å². The minimum atomic E-state index is -0.176. The highest BCUT2D eigenvalue weighted by Crippen LogP contribution is 2.45. The lowest BCUT2D eigenvalue weighted by Gasteiger charge is -2.11.